The van der Waals surface area contributed by atoms with E-state index < -0.39 is 0 Å². The van der Waals surface area contributed by atoms with E-state index in [9.17, 15) is 4.79 Å². The van der Waals surface area contributed by atoms with Crippen LogP contribution in [0.5, 0.6) is 0 Å². The molecule has 3 rings (SSSR count). The van der Waals surface area contributed by atoms with Gasteiger partial charge in [-0.25, -0.2) is 0 Å². The molecule has 1 aromatic carbocycles. The Morgan fingerprint density at radius 2 is 2.22 bits per heavy atom. The zero-order valence-electron chi connectivity index (χ0n) is 9.64. The van der Waals surface area contributed by atoms with Gasteiger partial charge in [0.15, 0.2) is 0 Å². The molecule has 0 aliphatic rings. The van der Waals surface area contributed by atoms with Gasteiger partial charge in [0, 0.05) is 29.4 Å². The van der Waals surface area contributed by atoms with Gasteiger partial charge in [0.25, 0.3) is 5.91 Å². The van der Waals surface area contributed by atoms with E-state index in [0.717, 1.165) is 16.5 Å². The summed E-state index contributed by atoms with van der Waals surface area (Å²) in [5.41, 5.74) is 2.56. The largest absolute Gasteiger partial charge is 0.472 e. The topological polar surface area (TPSA) is 58.0 Å². The Bertz CT molecular complexity index is 668. The van der Waals surface area contributed by atoms with E-state index in [-0.39, 0.29) is 5.91 Å². The molecule has 0 saturated carbocycles. The van der Waals surface area contributed by atoms with Crippen molar-refractivity contribution in [2.45, 2.75) is 6.54 Å². The lowest BCUT2D eigenvalue weighted by atomic mass is 10.1. The zero-order chi connectivity index (χ0) is 12.4. The number of aromatic amines is 1. The highest BCUT2D eigenvalue weighted by Gasteiger charge is 2.06. The second kappa shape index (κ2) is 4.41. The van der Waals surface area contributed by atoms with Crippen molar-refractivity contribution in [1.29, 1.82) is 0 Å². The monoisotopic (exact) mass is 240 g/mol. The van der Waals surface area contributed by atoms with Gasteiger partial charge in [0.1, 0.15) is 0 Å². The van der Waals surface area contributed by atoms with Crippen molar-refractivity contribution in [1.82, 2.24) is 10.3 Å². The van der Waals surface area contributed by atoms with Gasteiger partial charge < -0.3 is 14.7 Å². The number of benzene rings is 1. The van der Waals surface area contributed by atoms with Crippen molar-refractivity contribution < 1.29 is 9.21 Å². The minimum absolute atomic E-state index is 0.0901. The maximum atomic E-state index is 11.9. The second-order valence-corrected chi connectivity index (χ2v) is 4.09. The second-order valence-electron chi connectivity index (χ2n) is 4.09. The van der Waals surface area contributed by atoms with Crippen molar-refractivity contribution in [3.63, 3.8) is 0 Å². The Balaban J connectivity index is 1.75. The van der Waals surface area contributed by atoms with Crippen LogP contribution in [-0.4, -0.2) is 10.9 Å². The summed E-state index contributed by atoms with van der Waals surface area (Å²) in [6.07, 6.45) is 5.07. The third-order valence-corrected chi connectivity index (χ3v) is 2.85. The van der Waals surface area contributed by atoms with Gasteiger partial charge in [0.05, 0.1) is 12.5 Å². The van der Waals surface area contributed by atoms with E-state index >= 15 is 0 Å². The molecule has 18 heavy (non-hydrogen) atoms. The molecule has 0 spiro atoms. The van der Waals surface area contributed by atoms with Crippen molar-refractivity contribution in [3.8, 4) is 0 Å². The Morgan fingerprint density at radius 1 is 1.28 bits per heavy atom. The summed E-state index contributed by atoms with van der Waals surface area (Å²) >= 11 is 0. The third kappa shape index (κ3) is 2.00. The molecule has 2 N–H and O–H groups in total. The molecule has 3 aromatic rings. The van der Waals surface area contributed by atoms with Crippen LogP contribution in [0.3, 0.4) is 0 Å². The van der Waals surface area contributed by atoms with E-state index in [1.54, 1.807) is 12.5 Å². The van der Waals surface area contributed by atoms with Crippen LogP contribution in [0.1, 0.15) is 15.9 Å². The molecule has 0 aliphatic heterocycles. The van der Waals surface area contributed by atoms with Gasteiger partial charge in [-0.2, -0.15) is 0 Å². The number of fused-ring (bicyclic) bond motifs is 1. The van der Waals surface area contributed by atoms with Crippen LogP contribution < -0.4 is 5.32 Å². The third-order valence-electron chi connectivity index (χ3n) is 2.85. The fourth-order valence-corrected chi connectivity index (χ4v) is 1.87. The van der Waals surface area contributed by atoms with Crippen molar-refractivity contribution >= 4 is 16.8 Å². The Labute approximate surface area is 104 Å². The van der Waals surface area contributed by atoms with Crippen LogP contribution >= 0.6 is 0 Å². The van der Waals surface area contributed by atoms with Crippen LogP contribution in [0.25, 0.3) is 10.9 Å². The first-order valence-corrected chi connectivity index (χ1v) is 5.69. The average Bonchev–Trinajstić information content (AvgIpc) is 3.05. The number of hydrogen-bond acceptors (Lipinski definition) is 2. The Kier molecular flexibility index (Phi) is 2.61. The number of hydrogen-bond donors (Lipinski definition) is 2. The molecule has 1 amide bonds. The maximum absolute atomic E-state index is 11.9. The molecule has 0 bridgehead atoms. The predicted octanol–water partition coefficient (Wildman–Crippen LogP) is 2.69. The van der Waals surface area contributed by atoms with E-state index in [4.69, 9.17) is 4.42 Å². The van der Waals surface area contributed by atoms with Crippen LogP contribution in [0, 0.1) is 0 Å². The number of carbonyl (C=O) groups excluding carboxylic acids is 1. The van der Waals surface area contributed by atoms with Crippen LogP contribution in [0.4, 0.5) is 0 Å². The van der Waals surface area contributed by atoms with Gasteiger partial charge in [-0.05, 0) is 29.7 Å². The molecule has 0 saturated heterocycles. The molecule has 0 fully saturated rings. The number of carbonyl (C=O) groups is 1. The van der Waals surface area contributed by atoms with Gasteiger partial charge >= 0.3 is 0 Å². The summed E-state index contributed by atoms with van der Waals surface area (Å²) in [7, 11) is 0. The minimum atomic E-state index is -0.0901. The molecule has 0 radical (unpaired) electrons. The van der Waals surface area contributed by atoms with Gasteiger partial charge in [-0.15, -0.1) is 0 Å². The van der Waals surface area contributed by atoms with Crippen LogP contribution in [0.2, 0.25) is 0 Å². The molecule has 0 atom stereocenters. The first kappa shape index (κ1) is 10.7. The predicted molar refractivity (Wildman–Crippen MR) is 68.2 cm³/mol. The SMILES string of the molecule is O=C(NCc1ccoc1)c1ccc2cc[nH]c2c1. The Hall–Kier alpha value is -2.49. The number of furan rings is 1. The summed E-state index contributed by atoms with van der Waals surface area (Å²) in [5.74, 6) is -0.0901. The molecule has 0 unspecified atom stereocenters. The van der Waals surface area contributed by atoms with E-state index in [1.165, 1.54) is 0 Å². The molecule has 90 valence electrons. The van der Waals surface area contributed by atoms with Crippen LogP contribution in [-0.2, 0) is 6.54 Å². The quantitative estimate of drug-likeness (QED) is 0.739. The van der Waals surface area contributed by atoms with Crippen LogP contribution in [0.15, 0.2) is 53.5 Å². The number of rotatable bonds is 3. The molecular weight excluding hydrogens is 228 g/mol. The normalized spacial score (nSPS) is 10.7. The summed E-state index contributed by atoms with van der Waals surface area (Å²) in [4.78, 5) is 15.0. The zero-order valence-corrected chi connectivity index (χ0v) is 9.64. The highest BCUT2D eigenvalue weighted by molar-refractivity contribution is 5.97. The summed E-state index contributed by atoms with van der Waals surface area (Å²) in [6.45, 7) is 0.470. The van der Waals surface area contributed by atoms with Crippen molar-refractivity contribution in [3.05, 3.63) is 60.2 Å². The highest BCUT2D eigenvalue weighted by atomic mass is 16.3. The van der Waals surface area contributed by atoms with E-state index in [0.29, 0.717) is 12.1 Å². The van der Waals surface area contributed by atoms with Gasteiger partial charge in [-0.3, -0.25) is 4.79 Å². The number of amides is 1. The lowest BCUT2D eigenvalue weighted by Crippen LogP contribution is -2.22. The maximum Gasteiger partial charge on any atom is 0.251 e. The molecular formula is C14H12N2O2. The summed E-state index contributed by atoms with van der Waals surface area (Å²) in [5, 5.41) is 3.94. The number of H-pyrrole nitrogens is 1. The average molecular weight is 240 g/mol. The van der Waals surface area contributed by atoms with Gasteiger partial charge in [0.2, 0.25) is 0 Å². The minimum Gasteiger partial charge on any atom is -0.472 e. The lowest BCUT2D eigenvalue weighted by Gasteiger charge is -2.03. The first-order chi connectivity index (χ1) is 8.83. The molecule has 2 heterocycles. The van der Waals surface area contributed by atoms with E-state index in [2.05, 4.69) is 10.3 Å². The number of nitrogens with one attached hydrogen (secondary N) is 2. The fraction of sp³-hybridized carbons (Fsp3) is 0.0714. The Morgan fingerprint density at radius 3 is 3.06 bits per heavy atom. The lowest BCUT2D eigenvalue weighted by molar-refractivity contribution is 0.0951. The fourth-order valence-electron chi connectivity index (χ4n) is 1.87. The molecule has 0 aliphatic carbocycles. The van der Waals surface area contributed by atoms with E-state index in [1.807, 2.05) is 36.5 Å². The number of aromatic nitrogens is 1. The molecule has 4 nitrogen and oxygen atoms in total. The van der Waals surface area contributed by atoms with Gasteiger partial charge in [-0.1, -0.05) is 6.07 Å². The van der Waals surface area contributed by atoms with Crippen molar-refractivity contribution in [2.24, 2.45) is 0 Å². The smallest absolute Gasteiger partial charge is 0.251 e. The summed E-state index contributed by atoms with van der Waals surface area (Å²) < 4.78 is 4.94. The highest BCUT2D eigenvalue weighted by Crippen LogP contribution is 2.14. The first-order valence-electron chi connectivity index (χ1n) is 5.69. The van der Waals surface area contributed by atoms with Crippen molar-refractivity contribution in [2.75, 3.05) is 0 Å². The molecule has 4 heteroatoms. The molecule has 2 aromatic heterocycles. The summed E-state index contributed by atoms with van der Waals surface area (Å²) in [6, 6.07) is 9.40. The standard InChI is InChI=1S/C14H12N2O2/c17-14(16-8-10-4-6-18-9-10)12-2-1-11-3-5-15-13(11)7-12/h1-7,9,15H,8H2,(H,16,17).